The molecule has 3 aliphatic rings. The Labute approximate surface area is 242 Å². The highest BCUT2D eigenvalue weighted by molar-refractivity contribution is 6.25. The smallest absolute Gasteiger partial charge is 0.255 e. The van der Waals surface area contributed by atoms with Crippen molar-refractivity contribution in [1.29, 1.82) is 5.26 Å². The Balaban J connectivity index is 2.19. The molecule has 5 atom stereocenters. The molecule has 1 saturated carbocycles. The van der Waals surface area contributed by atoms with Crippen LogP contribution in [0.5, 0.6) is 5.75 Å². The van der Waals surface area contributed by atoms with E-state index in [1.165, 1.54) is 25.9 Å². The highest BCUT2D eigenvalue weighted by Crippen LogP contribution is 2.59. The number of nitrogens with zero attached hydrogens (tertiary/aromatic N) is 2. The lowest BCUT2D eigenvalue weighted by Gasteiger charge is -2.58. The summed E-state index contributed by atoms with van der Waals surface area (Å²) >= 11 is 0. The van der Waals surface area contributed by atoms with Crippen molar-refractivity contribution in [3.63, 3.8) is 0 Å². The third kappa shape index (κ3) is 3.69. The number of nitriles is 1. The Kier molecular flexibility index (Phi) is 6.76. The lowest BCUT2D eigenvalue weighted by molar-refractivity contribution is -0.139. The number of phenolic OH excluding ortho intramolecular Hbond substituents is 1. The molecule has 0 saturated heterocycles. The van der Waals surface area contributed by atoms with Crippen molar-refractivity contribution in [2.75, 3.05) is 14.1 Å². The Morgan fingerprint density at radius 3 is 2.19 bits per heavy atom. The van der Waals surface area contributed by atoms with Crippen LogP contribution >= 0.6 is 0 Å². The summed E-state index contributed by atoms with van der Waals surface area (Å²) in [4.78, 5) is 54.1. The Morgan fingerprint density at radius 1 is 1.17 bits per heavy atom. The molecule has 4 rings (SSSR count). The van der Waals surface area contributed by atoms with Gasteiger partial charge in [0.15, 0.2) is 22.8 Å². The minimum absolute atomic E-state index is 0.189. The minimum Gasteiger partial charge on any atom is -0.509 e. The number of rotatable bonds is 4. The molecule has 1 amide bonds. The first kappa shape index (κ1) is 30.9. The van der Waals surface area contributed by atoms with Gasteiger partial charge in [0.1, 0.15) is 22.8 Å². The van der Waals surface area contributed by atoms with E-state index >= 15 is 0 Å². The van der Waals surface area contributed by atoms with Crippen LogP contribution in [-0.4, -0.2) is 74.7 Å². The molecule has 3 aliphatic carbocycles. The van der Waals surface area contributed by atoms with Gasteiger partial charge in [-0.05, 0) is 56.5 Å². The zero-order chi connectivity index (χ0) is 32.1. The van der Waals surface area contributed by atoms with Crippen LogP contribution in [0, 0.1) is 16.7 Å². The average Bonchev–Trinajstić information content (AvgIpc) is 2.81. The molecule has 42 heavy (non-hydrogen) atoms. The second-order valence-electron chi connectivity index (χ2n) is 12.8. The van der Waals surface area contributed by atoms with E-state index in [1.807, 2.05) is 0 Å². The molecule has 11 N–H and O–H groups in total. The van der Waals surface area contributed by atoms with Crippen molar-refractivity contribution < 1.29 is 34.5 Å². The number of primary amides is 1. The summed E-state index contributed by atoms with van der Waals surface area (Å²) in [5.41, 5.74) is 16.9. The van der Waals surface area contributed by atoms with Gasteiger partial charge in [-0.15, -0.1) is 0 Å². The lowest BCUT2D eigenvalue weighted by atomic mass is 9.47. The molecule has 0 aromatic heterocycles. The molecule has 0 bridgehead atoms. The fraction of sp³-hybridized carbons (Fsp3) is 0.483. The molecule has 0 spiro atoms. The van der Waals surface area contributed by atoms with E-state index in [0.29, 0.717) is 5.56 Å². The van der Waals surface area contributed by atoms with E-state index in [9.17, 15) is 39.8 Å². The van der Waals surface area contributed by atoms with E-state index in [1.54, 1.807) is 32.9 Å². The fourth-order valence-corrected chi connectivity index (χ4v) is 6.99. The molecule has 13 heteroatoms. The van der Waals surface area contributed by atoms with Crippen molar-refractivity contribution in [3.05, 3.63) is 45.2 Å². The summed E-state index contributed by atoms with van der Waals surface area (Å²) in [6, 6.07) is 0.593. The van der Waals surface area contributed by atoms with Crippen molar-refractivity contribution in [2.24, 2.45) is 28.3 Å². The van der Waals surface area contributed by atoms with Crippen LogP contribution in [0.15, 0.2) is 23.0 Å². The Morgan fingerprint density at radius 2 is 1.74 bits per heavy atom. The zero-order valence-electron chi connectivity index (χ0n) is 24.3. The number of ketones is 3. The van der Waals surface area contributed by atoms with E-state index in [0.717, 1.165) is 0 Å². The molecular formula is C29H36N6O7. The van der Waals surface area contributed by atoms with Gasteiger partial charge in [-0.2, -0.15) is 5.26 Å². The van der Waals surface area contributed by atoms with Crippen molar-refractivity contribution >= 4 is 29.0 Å². The van der Waals surface area contributed by atoms with E-state index in [4.69, 9.17) is 22.9 Å². The SMILES string of the molecule is CC(=O)C(N)c1cc(C(C)(C)C)c(O)c2c1C[C@@]1(N)C[C@@]3(N)[C@H](N(C)C)C(=O)C(C(N)=O)=C(O)[C@@]3(C#N)C(=O)C1=C2O. The summed E-state index contributed by atoms with van der Waals surface area (Å²) in [5, 5.41) is 45.0. The number of fused-ring (bicyclic) bond motifs is 3. The predicted octanol–water partition coefficient (Wildman–Crippen LogP) is -0.208. The number of benzene rings is 1. The van der Waals surface area contributed by atoms with Crippen LogP contribution in [0.1, 0.15) is 62.4 Å². The van der Waals surface area contributed by atoms with Crippen molar-refractivity contribution in [1.82, 2.24) is 4.90 Å². The molecule has 1 unspecified atom stereocenters. The second-order valence-corrected chi connectivity index (χ2v) is 12.8. The van der Waals surface area contributed by atoms with Crippen LogP contribution in [0.3, 0.4) is 0 Å². The van der Waals surface area contributed by atoms with Gasteiger partial charge in [-0.3, -0.25) is 24.1 Å². The third-order valence-corrected chi connectivity index (χ3v) is 8.87. The number of carbonyl (C=O) groups is 4. The molecule has 1 aromatic rings. The number of nitrogens with two attached hydrogens (primary N) is 4. The number of aliphatic hydroxyl groups excluding tert-OH is 2. The molecule has 1 fully saturated rings. The van der Waals surface area contributed by atoms with Gasteiger partial charge in [-0.25, -0.2) is 0 Å². The maximum atomic E-state index is 14.5. The molecule has 224 valence electrons. The fourth-order valence-electron chi connectivity index (χ4n) is 6.99. The zero-order valence-corrected chi connectivity index (χ0v) is 24.3. The predicted molar refractivity (Wildman–Crippen MR) is 151 cm³/mol. The highest BCUT2D eigenvalue weighted by Gasteiger charge is 2.74. The first-order valence-corrected chi connectivity index (χ1v) is 13.2. The van der Waals surface area contributed by atoms with Crippen LogP contribution in [0.25, 0.3) is 5.76 Å². The average molecular weight is 581 g/mol. The monoisotopic (exact) mass is 580 g/mol. The van der Waals surface area contributed by atoms with Gasteiger partial charge in [0.05, 0.1) is 40.4 Å². The molecule has 1 aromatic carbocycles. The van der Waals surface area contributed by atoms with Crippen LogP contribution in [-0.2, 0) is 31.0 Å². The number of aliphatic hydroxyl groups is 2. The summed E-state index contributed by atoms with van der Waals surface area (Å²) in [6.07, 6.45) is -0.816. The van der Waals surface area contributed by atoms with Gasteiger partial charge in [0, 0.05) is 5.56 Å². The van der Waals surface area contributed by atoms with E-state index in [2.05, 4.69) is 0 Å². The summed E-state index contributed by atoms with van der Waals surface area (Å²) in [6.45, 7) is 6.63. The third-order valence-electron chi connectivity index (χ3n) is 8.87. The number of likely N-dealkylation sites (N-methyl/N-ethyl adjacent to an activating group) is 1. The highest BCUT2D eigenvalue weighted by atomic mass is 16.3. The van der Waals surface area contributed by atoms with Gasteiger partial charge in [-0.1, -0.05) is 20.8 Å². The van der Waals surface area contributed by atoms with E-state index < -0.39 is 92.1 Å². The number of carbonyl (C=O) groups excluding carboxylic acids is 4. The summed E-state index contributed by atoms with van der Waals surface area (Å²) in [5.74, 6) is -6.47. The molecular weight excluding hydrogens is 544 g/mol. The van der Waals surface area contributed by atoms with Gasteiger partial charge >= 0.3 is 0 Å². The Bertz CT molecular complexity index is 1600. The summed E-state index contributed by atoms with van der Waals surface area (Å²) < 4.78 is 0. The molecule has 13 nitrogen and oxygen atoms in total. The number of amides is 1. The quantitative estimate of drug-likeness (QED) is 0.228. The van der Waals surface area contributed by atoms with Crippen LogP contribution in [0.2, 0.25) is 0 Å². The topological polar surface area (TPSA) is 260 Å². The van der Waals surface area contributed by atoms with Gasteiger partial charge in [0.25, 0.3) is 5.91 Å². The number of hydrogen-bond donors (Lipinski definition) is 7. The molecule has 0 radical (unpaired) electrons. The number of phenols is 1. The first-order chi connectivity index (χ1) is 19.1. The van der Waals surface area contributed by atoms with Crippen LogP contribution < -0.4 is 22.9 Å². The normalized spacial score (nSPS) is 30.0. The van der Waals surface area contributed by atoms with Crippen molar-refractivity contribution in [2.45, 2.75) is 69.1 Å². The van der Waals surface area contributed by atoms with E-state index in [-0.39, 0.29) is 23.1 Å². The van der Waals surface area contributed by atoms with Crippen molar-refractivity contribution in [3.8, 4) is 11.8 Å². The summed E-state index contributed by atoms with van der Waals surface area (Å²) in [7, 11) is 2.87. The number of Topliss-reactive ketones (excluding diaryl/α,β-unsaturated/α-hetero) is 3. The van der Waals surface area contributed by atoms with Gasteiger partial charge in [0.2, 0.25) is 0 Å². The van der Waals surface area contributed by atoms with Gasteiger partial charge < -0.3 is 38.3 Å². The standard InChI is InChI=1S/C29H36N6O7/c1-11(36)18(31)12-7-14(26(2,3)4)19(37)15-13(12)8-27(33)9-29(34)22(35(5)6)21(39)16(25(32)42)23(40)28(29,10-30)24(41)17(27)20(15)38/h7,18,22,37-38,40H,8-9,31,33-34H2,1-6H3,(H2,32,42)/t18?,22-,27-,28+,29-/m1/s1. The maximum Gasteiger partial charge on any atom is 0.255 e. The Hall–Kier alpha value is -4.09. The minimum atomic E-state index is -2.76. The number of aromatic hydroxyl groups is 1. The first-order valence-electron chi connectivity index (χ1n) is 13.2. The lowest BCUT2D eigenvalue weighted by Crippen LogP contribution is -2.80. The van der Waals surface area contributed by atoms with Crippen LogP contribution in [0.4, 0.5) is 0 Å². The molecule has 0 heterocycles. The number of hydrogen-bond acceptors (Lipinski definition) is 12. The second kappa shape index (κ2) is 9.20. The largest absolute Gasteiger partial charge is 0.509 e. The molecule has 0 aliphatic heterocycles. The maximum absolute atomic E-state index is 14.5.